The molecule has 19 heavy (non-hydrogen) atoms. The topological polar surface area (TPSA) is 66.5 Å². The molecule has 2 amide bonds. The average molecular weight is 303 g/mol. The molecule has 1 aliphatic heterocycles. The second-order valence-corrected chi connectivity index (χ2v) is 7.27. The van der Waals surface area contributed by atoms with Gasteiger partial charge in [0, 0.05) is 23.8 Å². The van der Waals surface area contributed by atoms with Crippen molar-refractivity contribution in [3.05, 3.63) is 29.3 Å². The summed E-state index contributed by atoms with van der Waals surface area (Å²) in [4.78, 5) is 13.4. The number of benzene rings is 1. The standard InChI is InChI=1S/C12H15ClN2O3S/c1-15(11-6-7-19(17,18)8-11)12(16)14-10-4-2-9(13)3-5-10/h2-5,11H,6-8H2,1H3,(H,14,16)/t11-/m1/s1. The number of rotatable bonds is 2. The minimum Gasteiger partial charge on any atom is -0.324 e. The number of halogens is 1. The van der Waals surface area contributed by atoms with Gasteiger partial charge in [0.05, 0.1) is 11.5 Å². The Morgan fingerprint density at radius 2 is 2.00 bits per heavy atom. The Morgan fingerprint density at radius 1 is 1.37 bits per heavy atom. The number of sulfone groups is 1. The van der Waals surface area contributed by atoms with Gasteiger partial charge >= 0.3 is 6.03 Å². The van der Waals surface area contributed by atoms with E-state index in [1.807, 2.05) is 0 Å². The molecule has 0 unspecified atom stereocenters. The molecule has 1 fully saturated rings. The molecule has 7 heteroatoms. The van der Waals surface area contributed by atoms with E-state index >= 15 is 0 Å². The summed E-state index contributed by atoms with van der Waals surface area (Å²) in [7, 11) is -1.38. The Morgan fingerprint density at radius 3 is 2.53 bits per heavy atom. The van der Waals surface area contributed by atoms with Crippen molar-refractivity contribution in [1.29, 1.82) is 0 Å². The van der Waals surface area contributed by atoms with Gasteiger partial charge in [0.1, 0.15) is 0 Å². The molecule has 0 radical (unpaired) electrons. The Hall–Kier alpha value is -1.27. The van der Waals surface area contributed by atoms with Gasteiger partial charge in [0.2, 0.25) is 0 Å². The number of hydrogen-bond acceptors (Lipinski definition) is 3. The van der Waals surface area contributed by atoms with E-state index in [1.54, 1.807) is 31.3 Å². The Labute approximate surface area is 117 Å². The summed E-state index contributed by atoms with van der Waals surface area (Å²) in [5, 5.41) is 3.30. The second-order valence-electron chi connectivity index (χ2n) is 4.60. The minimum absolute atomic E-state index is 0.0392. The Bertz CT molecular complexity index is 571. The van der Waals surface area contributed by atoms with E-state index < -0.39 is 9.84 Å². The lowest BCUT2D eigenvalue weighted by Gasteiger charge is -2.23. The molecule has 1 heterocycles. The highest BCUT2D eigenvalue weighted by atomic mass is 35.5. The third-order valence-corrected chi connectivity index (χ3v) is 5.17. The molecule has 0 aliphatic carbocycles. The normalized spacial score (nSPS) is 21.1. The third-order valence-electron chi connectivity index (χ3n) is 3.17. The van der Waals surface area contributed by atoms with Gasteiger partial charge in [-0.1, -0.05) is 11.6 Å². The number of nitrogens with zero attached hydrogens (tertiary/aromatic N) is 1. The van der Waals surface area contributed by atoms with Crippen LogP contribution in [0.1, 0.15) is 6.42 Å². The molecule has 1 aromatic rings. The van der Waals surface area contributed by atoms with Gasteiger partial charge in [-0.15, -0.1) is 0 Å². The summed E-state index contributed by atoms with van der Waals surface area (Å²) < 4.78 is 22.8. The second kappa shape index (κ2) is 5.38. The number of carbonyl (C=O) groups is 1. The lowest BCUT2D eigenvalue weighted by Crippen LogP contribution is -2.40. The van der Waals surface area contributed by atoms with E-state index in [-0.39, 0.29) is 23.6 Å². The fourth-order valence-corrected chi connectivity index (χ4v) is 3.89. The van der Waals surface area contributed by atoms with Crippen molar-refractivity contribution in [3.8, 4) is 0 Å². The van der Waals surface area contributed by atoms with Crippen molar-refractivity contribution in [2.45, 2.75) is 12.5 Å². The summed E-state index contributed by atoms with van der Waals surface area (Å²) in [6.45, 7) is 0. The zero-order valence-electron chi connectivity index (χ0n) is 10.5. The van der Waals surface area contributed by atoms with Gasteiger partial charge in [-0.25, -0.2) is 13.2 Å². The molecule has 104 valence electrons. The summed E-state index contributed by atoms with van der Waals surface area (Å²) in [6.07, 6.45) is 0.493. The van der Waals surface area contributed by atoms with Crippen molar-refractivity contribution in [2.75, 3.05) is 23.9 Å². The molecule has 1 atom stereocenters. The molecule has 0 spiro atoms. The number of hydrogen-bond donors (Lipinski definition) is 1. The lowest BCUT2D eigenvalue weighted by atomic mass is 10.2. The van der Waals surface area contributed by atoms with Crippen molar-refractivity contribution >= 4 is 33.2 Å². The monoisotopic (exact) mass is 302 g/mol. The number of urea groups is 1. The number of amides is 2. The van der Waals surface area contributed by atoms with Crippen LogP contribution in [0.15, 0.2) is 24.3 Å². The largest absolute Gasteiger partial charge is 0.324 e. The first kappa shape index (κ1) is 14.1. The summed E-state index contributed by atoms with van der Waals surface area (Å²) in [5.41, 5.74) is 0.627. The SMILES string of the molecule is CN(C(=O)Nc1ccc(Cl)cc1)[C@@H]1CCS(=O)(=O)C1. The van der Waals surface area contributed by atoms with Gasteiger partial charge in [0.15, 0.2) is 9.84 Å². The van der Waals surface area contributed by atoms with E-state index in [4.69, 9.17) is 11.6 Å². The summed E-state index contributed by atoms with van der Waals surface area (Å²) >= 11 is 5.76. The fourth-order valence-electron chi connectivity index (χ4n) is 1.99. The lowest BCUT2D eigenvalue weighted by molar-refractivity contribution is 0.209. The first-order valence-corrected chi connectivity index (χ1v) is 8.07. The molecule has 2 rings (SSSR count). The van der Waals surface area contributed by atoms with E-state index in [9.17, 15) is 13.2 Å². The first-order chi connectivity index (χ1) is 8.87. The molecule has 1 saturated heterocycles. The molecule has 0 aromatic heterocycles. The molecule has 0 bridgehead atoms. The van der Waals surface area contributed by atoms with E-state index in [0.29, 0.717) is 17.1 Å². The van der Waals surface area contributed by atoms with E-state index in [1.165, 1.54) is 4.90 Å². The van der Waals surface area contributed by atoms with Crippen molar-refractivity contribution in [1.82, 2.24) is 4.90 Å². The van der Waals surface area contributed by atoms with Crippen LogP contribution in [0.2, 0.25) is 5.02 Å². The quantitative estimate of drug-likeness (QED) is 0.908. The highest BCUT2D eigenvalue weighted by Gasteiger charge is 2.32. The maximum absolute atomic E-state index is 12.0. The molecular weight excluding hydrogens is 288 g/mol. The highest BCUT2D eigenvalue weighted by molar-refractivity contribution is 7.91. The molecule has 1 aromatic carbocycles. The van der Waals surface area contributed by atoms with Crippen molar-refractivity contribution < 1.29 is 13.2 Å². The maximum Gasteiger partial charge on any atom is 0.321 e. The summed E-state index contributed by atoms with van der Waals surface area (Å²) in [6, 6.07) is 6.18. The summed E-state index contributed by atoms with van der Waals surface area (Å²) in [5.74, 6) is 0.188. The predicted octanol–water partition coefficient (Wildman–Crippen LogP) is 1.99. The average Bonchev–Trinajstić information content (AvgIpc) is 2.71. The van der Waals surface area contributed by atoms with Crippen LogP contribution in [0, 0.1) is 0 Å². The van der Waals surface area contributed by atoms with Crippen LogP contribution < -0.4 is 5.32 Å². The van der Waals surface area contributed by atoms with Crippen LogP contribution >= 0.6 is 11.6 Å². The van der Waals surface area contributed by atoms with Gasteiger partial charge in [-0.05, 0) is 30.7 Å². The van der Waals surface area contributed by atoms with Crippen LogP contribution in [-0.2, 0) is 9.84 Å². The van der Waals surface area contributed by atoms with Gasteiger partial charge < -0.3 is 10.2 Å². The van der Waals surface area contributed by atoms with Crippen LogP contribution in [0.25, 0.3) is 0 Å². The smallest absolute Gasteiger partial charge is 0.321 e. The third kappa shape index (κ3) is 3.61. The fraction of sp³-hybridized carbons (Fsp3) is 0.417. The molecule has 1 aliphatic rings. The van der Waals surface area contributed by atoms with Crippen LogP contribution in [0.3, 0.4) is 0 Å². The highest BCUT2D eigenvalue weighted by Crippen LogP contribution is 2.18. The predicted molar refractivity (Wildman–Crippen MR) is 75.3 cm³/mol. The zero-order chi connectivity index (χ0) is 14.0. The van der Waals surface area contributed by atoms with E-state index in [0.717, 1.165) is 0 Å². The molecule has 1 N–H and O–H groups in total. The van der Waals surface area contributed by atoms with Crippen molar-refractivity contribution in [2.24, 2.45) is 0 Å². The molecule has 5 nitrogen and oxygen atoms in total. The Kier molecular flexibility index (Phi) is 4.01. The van der Waals surface area contributed by atoms with Crippen LogP contribution in [-0.4, -0.2) is 43.9 Å². The minimum atomic E-state index is -2.99. The first-order valence-electron chi connectivity index (χ1n) is 5.87. The molecule has 0 saturated carbocycles. The van der Waals surface area contributed by atoms with Crippen LogP contribution in [0.4, 0.5) is 10.5 Å². The number of carbonyl (C=O) groups excluding carboxylic acids is 1. The van der Waals surface area contributed by atoms with Crippen LogP contribution in [0.5, 0.6) is 0 Å². The molecular formula is C12H15ClN2O3S. The van der Waals surface area contributed by atoms with E-state index in [2.05, 4.69) is 5.32 Å². The van der Waals surface area contributed by atoms with Crippen molar-refractivity contribution in [3.63, 3.8) is 0 Å². The maximum atomic E-state index is 12.0. The number of anilines is 1. The zero-order valence-corrected chi connectivity index (χ0v) is 12.0. The number of nitrogens with one attached hydrogen (secondary N) is 1. The van der Waals surface area contributed by atoms with Gasteiger partial charge in [-0.3, -0.25) is 0 Å². The van der Waals surface area contributed by atoms with Gasteiger partial charge in [0.25, 0.3) is 0 Å². The Balaban J connectivity index is 1.98. The van der Waals surface area contributed by atoms with Gasteiger partial charge in [-0.2, -0.15) is 0 Å².